The lowest BCUT2D eigenvalue weighted by Crippen LogP contribution is -2.38. The van der Waals surface area contributed by atoms with Crippen LogP contribution < -0.4 is 0 Å². The van der Waals surface area contributed by atoms with Gasteiger partial charge in [-0.05, 0) is 25.7 Å². The Kier molecular flexibility index (Phi) is 9.29. The molecule has 4 amide bonds. The second-order valence-electron chi connectivity index (χ2n) is 5.40. The molecule has 0 atom stereocenters. The van der Waals surface area contributed by atoms with Gasteiger partial charge in [0.15, 0.2) is 0 Å². The number of carbonyl (C=O) groups is 4. The summed E-state index contributed by atoms with van der Waals surface area (Å²) in [5, 5.41) is 0. The molecule has 0 N–H and O–H groups in total. The van der Waals surface area contributed by atoms with Crippen LogP contribution in [0.2, 0.25) is 0 Å². The second-order valence-corrected chi connectivity index (χ2v) is 5.40. The van der Waals surface area contributed by atoms with E-state index in [1.54, 1.807) is 0 Å². The molecule has 0 saturated carbocycles. The van der Waals surface area contributed by atoms with Gasteiger partial charge in [-0.25, -0.2) is 0 Å². The number of likely N-dealkylation sites (tertiary alicyclic amines) is 2. The standard InChI is InChI=1S/C8H13NO2.C7H11NO2.CH4/c1-7(10)9-6-4-2-3-5-8(9)11;1-6(9)8-5-3-2-4-7(8)10;/h2-6H2,1H3;2-5H2,1H3;1H4. The normalized spacial score (nSPS) is 18.6. The summed E-state index contributed by atoms with van der Waals surface area (Å²) in [7, 11) is 0. The lowest BCUT2D eigenvalue weighted by atomic mass is 10.1. The van der Waals surface area contributed by atoms with Crippen LogP contribution in [0.4, 0.5) is 0 Å². The zero-order valence-corrected chi connectivity index (χ0v) is 12.9. The van der Waals surface area contributed by atoms with E-state index in [1.807, 2.05) is 0 Å². The highest BCUT2D eigenvalue weighted by molar-refractivity contribution is 5.94. The predicted molar refractivity (Wildman–Crippen MR) is 83.8 cm³/mol. The molecule has 2 aliphatic rings. The number of amides is 4. The maximum absolute atomic E-state index is 11.2. The molecule has 0 radical (unpaired) electrons. The van der Waals surface area contributed by atoms with Gasteiger partial charge in [0.2, 0.25) is 23.6 Å². The highest BCUT2D eigenvalue weighted by Crippen LogP contribution is 2.11. The molecule has 0 unspecified atom stereocenters. The van der Waals surface area contributed by atoms with E-state index in [0.717, 1.165) is 32.1 Å². The minimum Gasteiger partial charge on any atom is -0.283 e. The summed E-state index contributed by atoms with van der Waals surface area (Å²) in [6.45, 7) is 4.12. The summed E-state index contributed by atoms with van der Waals surface area (Å²) in [6, 6.07) is 0. The van der Waals surface area contributed by atoms with Crippen molar-refractivity contribution in [2.45, 2.75) is 66.2 Å². The summed E-state index contributed by atoms with van der Waals surface area (Å²) in [6.07, 6.45) is 5.94. The highest BCUT2D eigenvalue weighted by atomic mass is 16.2. The molecule has 6 nitrogen and oxygen atoms in total. The Morgan fingerprint density at radius 1 is 0.727 bits per heavy atom. The Bertz CT molecular complexity index is 420. The van der Waals surface area contributed by atoms with E-state index < -0.39 is 0 Å². The van der Waals surface area contributed by atoms with Gasteiger partial charge in [-0.2, -0.15) is 0 Å². The number of carbonyl (C=O) groups excluding carboxylic acids is 4. The molecule has 0 spiro atoms. The number of piperidine rings is 1. The summed E-state index contributed by atoms with van der Waals surface area (Å²) in [5.74, 6) is -0.254. The summed E-state index contributed by atoms with van der Waals surface area (Å²) in [4.78, 5) is 46.4. The lowest BCUT2D eigenvalue weighted by molar-refractivity contribution is -0.146. The maximum Gasteiger partial charge on any atom is 0.229 e. The summed E-state index contributed by atoms with van der Waals surface area (Å²) < 4.78 is 0. The Labute approximate surface area is 132 Å². The molecule has 2 heterocycles. The number of imide groups is 2. The van der Waals surface area contributed by atoms with E-state index in [0.29, 0.717) is 25.9 Å². The van der Waals surface area contributed by atoms with Crippen molar-refractivity contribution in [1.29, 1.82) is 0 Å². The van der Waals surface area contributed by atoms with Gasteiger partial charge in [0, 0.05) is 39.8 Å². The van der Waals surface area contributed by atoms with E-state index in [-0.39, 0.29) is 31.1 Å². The van der Waals surface area contributed by atoms with Crippen LogP contribution >= 0.6 is 0 Å². The molecule has 2 fully saturated rings. The van der Waals surface area contributed by atoms with Gasteiger partial charge in [-0.15, -0.1) is 0 Å². The van der Waals surface area contributed by atoms with Crippen LogP contribution in [0.25, 0.3) is 0 Å². The first-order chi connectivity index (χ1) is 9.93. The first-order valence-electron chi connectivity index (χ1n) is 7.55. The van der Waals surface area contributed by atoms with Gasteiger partial charge < -0.3 is 0 Å². The van der Waals surface area contributed by atoms with Gasteiger partial charge >= 0.3 is 0 Å². The first kappa shape index (κ1) is 20.3. The van der Waals surface area contributed by atoms with Crippen LogP contribution in [0.3, 0.4) is 0 Å². The molecular formula is C16H28N2O4. The topological polar surface area (TPSA) is 74.8 Å². The van der Waals surface area contributed by atoms with Gasteiger partial charge in [0.1, 0.15) is 0 Å². The smallest absolute Gasteiger partial charge is 0.229 e. The number of nitrogens with zero attached hydrogens (tertiary/aromatic N) is 2. The van der Waals surface area contributed by atoms with Crippen molar-refractivity contribution in [3.63, 3.8) is 0 Å². The fraction of sp³-hybridized carbons (Fsp3) is 0.750. The molecule has 0 bridgehead atoms. The minimum absolute atomic E-state index is 0. The van der Waals surface area contributed by atoms with Crippen LogP contribution in [-0.2, 0) is 19.2 Å². The van der Waals surface area contributed by atoms with E-state index in [9.17, 15) is 19.2 Å². The second kappa shape index (κ2) is 10.1. The van der Waals surface area contributed by atoms with Crippen LogP contribution in [0, 0.1) is 0 Å². The Morgan fingerprint density at radius 3 is 1.50 bits per heavy atom. The average molecular weight is 312 g/mol. The van der Waals surface area contributed by atoms with E-state index in [4.69, 9.17) is 0 Å². The molecule has 0 aliphatic carbocycles. The number of hydrogen-bond donors (Lipinski definition) is 0. The van der Waals surface area contributed by atoms with Crippen molar-refractivity contribution >= 4 is 23.6 Å². The minimum atomic E-state index is -0.121. The van der Waals surface area contributed by atoms with Gasteiger partial charge in [0.05, 0.1) is 0 Å². The zero-order chi connectivity index (χ0) is 15.8. The van der Waals surface area contributed by atoms with E-state index >= 15 is 0 Å². The molecule has 6 heteroatoms. The van der Waals surface area contributed by atoms with E-state index in [1.165, 1.54) is 23.6 Å². The Hall–Kier alpha value is -1.72. The van der Waals surface area contributed by atoms with Crippen LogP contribution in [0.1, 0.15) is 66.2 Å². The third-order valence-corrected chi connectivity index (χ3v) is 3.66. The molecule has 2 saturated heterocycles. The predicted octanol–water partition coefficient (Wildman–Crippen LogP) is 2.12. The monoisotopic (exact) mass is 312 g/mol. The third kappa shape index (κ3) is 6.37. The Balaban J connectivity index is 0.000000385. The zero-order valence-electron chi connectivity index (χ0n) is 12.9. The lowest BCUT2D eigenvalue weighted by Gasteiger charge is -2.22. The van der Waals surface area contributed by atoms with Crippen molar-refractivity contribution in [3.8, 4) is 0 Å². The average Bonchev–Trinajstić information content (AvgIpc) is 2.64. The van der Waals surface area contributed by atoms with Crippen LogP contribution in [0.15, 0.2) is 0 Å². The SMILES string of the molecule is C.CC(=O)N1CCCCC1=O.CC(=O)N1CCCCCC1=O. The molecule has 126 valence electrons. The Morgan fingerprint density at radius 2 is 1.09 bits per heavy atom. The molecule has 0 aromatic rings. The van der Waals surface area contributed by atoms with Gasteiger partial charge in [0.25, 0.3) is 0 Å². The van der Waals surface area contributed by atoms with Crippen molar-refractivity contribution in [2.75, 3.05) is 13.1 Å². The molecular weight excluding hydrogens is 284 g/mol. The molecule has 0 aromatic carbocycles. The molecule has 22 heavy (non-hydrogen) atoms. The fourth-order valence-electron chi connectivity index (χ4n) is 2.45. The van der Waals surface area contributed by atoms with Gasteiger partial charge in [-0.3, -0.25) is 29.0 Å². The third-order valence-electron chi connectivity index (χ3n) is 3.66. The van der Waals surface area contributed by atoms with Crippen molar-refractivity contribution in [1.82, 2.24) is 9.80 Å². The molecule has 2 rings (SSSR count). The van der Waals surface area contributed by atoms with Gasteiger partial charge in [-0.1, -0.05) is 13.8 Å². The highest BCUT2D eigenvalue weighted by Gasteiger charge is 2.20. The summed E-state index contributed by atoms with van der Waals surface area (Å²) in [5.41, 5.74) is 0. The van der Waals surface area contributed by atoms with Crippen LogP contribution in [-0.4, -0.2) is 46.5 Å². The molecule has 0 aromatic heterocycles. The fourth-order valence-corrected chi connectivity index (χ4v) is 2.45. The number of hydrogen-bond acceptors (Lipinski definition) is 4. The van der Waals surface area contributed by atoms with Crippen molar-refractivity contribution < 1.29 is 19.2 Å². The van der Waals surface area contributed by atoms with Crippen LogP contribution in [0.5, 0.6) is 0 Å². The number of rotatable bonds is 0. The largest absolute Gasteiger partial charge is 0.283 e. The molecule has 2 aliphatic heterocycles. The first-order valence-corrected chi connectivity index (χ1v) is 7.55. The summed E-state index contributed by atoms with van der Waals surface area (Å²) >= 11 is 0. The van der Waals surface area contributed by atoms with Crippen molar-refractivity contribution in [3.05, 3.63) is 0 Å². The van der Waals surface area contributed by atoms with Crippen molar-refractivity contribution in [2.24, 2.45) is 0 Å². The van der Waals surface area contributed by atoms with E-state index in [2.05, 4.69) is 0 Å². The quantitative estimate of drug-likeness (QED) is 0.686. The maximum atomic E-state index is 11.2.